The van der Waals surface area contributed by atoms with E-state index in [4.69, 9.17) is 4.74 Å². The zero-order valence-corrected chi connectivity index (χ0v) is 22.7. The molecule has 37 heavy (non-hydrogen) atoms. The van der Waals surface area contributed by atoms with Gasteiger partial charge in [0.25, 0.3) is 0 Å². The molecular formula is C30H41N3O4. The van der Waals surface area contributed by atoms with Crippen LogP contribution in [0.15, 0.2) is 36.4 Å². The van der Waals surface area contributed by atoms with Gasteiger partial charge in [-0.05, 0) is 48.3 Å². The lowest BCUT2D eigenvalue weighted by molar-refractivity contribution is -0.141. The number of anilines is 1. The van der Waals surface area contributed by atoms with Crippen molar-refractivity contribution in [3.63, 3.8) is 0 Å². The second-order valence-corrected chi connectivity index (χ2v) is 11.9. The van der Waals surface area contributed by atoms with Crippen molar-refractivity contribution < 1.29 is 19.1 Å². The largest absolute Gasteiger partial charge is 0.359 e. The average Bonchev–Trinajstić information content (AvgIpc) is 3.50. The first-order valence-corrected chi connectivity index (χ1v) is 14.1. The molecule has 3 amide bonds. The number of hydrogen-bond donors (Lipinski definition) is 2. The van der Waals surface area contributed by atoms with Crippen molar-refractivity contribution in [2.45, 2.75) is 90.0 Å². The Kier molecular flexibility index (Phi) is 6.94. The summed E-state index contributed by atoms with van der Waals surface area (Å²) in [6.45, 7) is 11.1. The van der Waals surface area contributed by atoms with Gasteiger partial charge in [-0.15, -0.1) is 0 Å². The third-order valence-corrected chi connectivity index (χ3v) is 9.27. The minimum absolute atomic E-state index is 0.0840. The van der Waals surface area contributed by atoms with E-state index in [0.29, 0.717) is 30.0 Å². The van der Waals surface area contributed by atoms with E-state index in [0.717, 1.165) is 19.3 Å². The van der Waals surface area contributed by atoms with Crippen molar-refractivity contribution in [2.24, 2.45) is 23.7 Å². The van der Waals surface area contributed by atoms with Crippen molar-refractivity contribution in [3.8, 4) is 0 Å². The highest BCUT2D eigenvalue weighted by molar-refractivity contribution is 6.02. The number of benzene rings is 1. The van der Waals surface area contributed by atoms with E-state index in [9.17, 15) is 14.4 Å². The van der Waals surface area contributed by atoms with Crippen molar-refractivity contribution in [3.05, 3.63) is 42.0 Å². The molecule has 2 bridgehead atoms. The SMILES string of the molecule is CCCN1C(=O)[C@@H]2C(C(=O)Nc3ccc(C(C)C)cc3)[C@@H]3C=CC2(O3)C1C(=O)NC1CCCC(C)C1C. The number of nitrogens with zero attached hydrogens (tertiary/aromatic N) is 1. The summed E-state index contributed by atoms with van der Waals surface area (Å²) in [6, 6.07) is 7.14. The zero-order chi connectivity index (χ0) is 26.5. The topological polar surface area (TPSA) is 87.7 Å². The molecule has 8 atom stereocenters. The lowest BCUT2D eigenvalue weighted by Gasteiger charge is -2.38. The lowest BCUT2D eigenvalue weighted by Crippen LogP contribution is -2.57. The molecule has 1 aliphatic carbocycles. The molecule has 200 valence electrons. The molecule has 0 radical (unpaired) electrons. The molecule has 1 aromatic carbocycles. The smallest absolute Gasteiger partial charge is 0.246 e. The summed E-state index contributed by atoms with van der Waals surface area (Å²) in [7, 11) is 0. The van der Waals surface area contributed by atoms with Gasteiger partial charge >= 0.3 is 0 Å². The number of likely N-dealkylation sites (tertiary alicyclic amines) is 1. The quantitative estimate of drug-likeness (QED) is 0.540. The first-order valence-electron chi connectivity index (χ1n) is 14.1. The summed E-state index contributed by atoms with van der Waals surface area (Å²) < 4.78 is 6.43. The second kappa shape index (κ2) is 9.90. The standard InChI is InChI=1S/C30H41N3O4/c1-6-16-33-26(28(35)32-22-9-7-8-18(4)19(22)5)30-15-14-23(37-30)24(25(30)29(33)36)27(34)31-21-12-10-20(11-13-21)17(2)3/h10-15,17-19,22-26H,6-9,16H2,1-5H3,(H,31,34)(H,32,35)/t18?,19?,22?,23-,24?,25-,26?,30?/m0/s1. The number of fused-ring (bicyclic) bond motifs is 1. The van der Waals surface area contributed by atoms with Gasteiger partial charge in [-0.25, -0.2) is 0 Å². The van der Waals surface area contributed by atoms with E-state index in [1.807, 2.05) is 43.3 Å². The van der Waals surface area contributed by atoms with Crippen LogP contribution in [-0.4, -0.2) is 53.0 Å². The van der Waals surface area contributed by atoms with E-state index in [2.05, 4.69) is 38.3 Å². The van der Waals surface area contributed by atoms with Gasteiger partial charge in [0.1, 0.15) is 11.6 Å². The Bertz CT molecular complexity index is 1080. The van der Waals surface area contributed by atoms with E-state index in [-0.39, 0.29) is 23.8 Å². The summed E-state index contributed by atoms with van der Waals surface area (Å²) >= 11 is 0. The summed E-state index contributed by atoms with van der Waals surface area (Å²) in [4.78, 5) is 42.9. The van der Waals surface area contributed by atoms with Crippen LogP contribution in [0.1, 0.15) is 71.8 Å². The molecule has 7 nitrogen and oxygen atoms in total. The van der Waals surface area contributed by atoms with Crippen LogP contribution >= 0.6 is 0 Å². The van der Waals surface area contributed by atoms with Crippen LogP contribution in [0.3, 0.4) is 0 Å². The van der Waals surface area contributed by atoms with Gasteiger partial charge in [0.15, 0.2) is 0 Å². The van der Waals surface area contributed by atoms with Gasteiger partial charge in [-0.2, -0.15) is 0 Å². The molecular weight excluding hydrogens is 466 g/mol. The maximum Gasteiger partial charge on any atom is 0.246 e. The number of carbonyl (C=O) groups excluding carboxylic acids is 3. The van der Waals surface area contributed by atoms with Crippen LogP contribution in [0.2, 0.25) is 0 Å². The molecule has 3 fully saturated rings. The Balaban J connectivity index is 1.39. The van der Waals surface area contributed by atoms with Crippen molar-refractivity contribution in [2.75, 3.05) is 11.9 Å². The Morgan fingerprint density at radius 2 is 1.86 bits per heavy atom. The Morgan fingerprint density at radius 3 is 2.54 bits per heavy atom. The predicted molar refractivity (Wildman–Crippen MR) is 143 cm³/mol. The fourth-order valence-corrected chi connectivity index (χ4v) is 6.97. The minimum Gasteiger partial charge on any atom is -0.359 e. The maximum atomic E-state index is 13.9. The number of hydrogen-bond acceptors (Lipinski definition) is 4. The van der Waals surface area contributed by atoms with Crippen molar-refractivity contribution >= 4 is 23.4 Å². The molecule has 4 aliphatic rings. The third kappa shape index (κ3) is 4.29. The summed E-state index contributed by atoms with van der Waals surface area (Å²) in [5, 5.41) is 6.30. The van der Waals surface area contributed by atoms with Crippen molar-refractivity contribution in [1.82, 2.24) is 10.2 Å². The normalized spacial score (nSPS) is 36.2. The fourth-order valence-electron chi connectivity index (χ4n) is 6.97. The van der Waals surface area contributed by atoms with Crippen LogP contribution in [0.5, 0.6) is 0 Å². The third-order valence-electron chi connectivity index (χ3n) is 9.27. The monoisotopic (exact) mass is 507 g/mol. The molecule has 2 N–H and O–H groups in total. The molecule has 3 aliphatic heterocycles. The van der Waals surface area contributed by atoms with Crippen LogP contribution in [0.25, 0.3) is 0 Å². The summed E-state index contributed by atoms with van der Waals surface area (Å²) in [6.07, 6.45) is 7.17. The molecule has 1 saturated carbocycles. The average molecular weight is 508 g/mol. The van der Waals surface area contributed by atoms with Crippen LogP contribution in [0.4, 0.5) is 5.69 Å². The van der Waals surface area contributed by atoms with E-state index < -0.39 is 29.6 Å². The number of rotatable bonds is 7. The summed E-state index contributed by atoms with van der Waals surface area (Å²) in [5.74, 6) is -0.616. The van der Waals surface area contributed by atoms with Gasteiger partial charge in [0.05, 0.1) is 17.9 Å². The lowest BCUT2D eigenvalue weighted by atomic mass is 9.73. The van der Waals surface area contributed by atoms with Crippen LogP contribution < -0.4 is 10.6 Å². The second-order valence-electron chi connectivity index (χ2n) is 11.9. The van der Waals surface area contributed by atoms with Gasteiger partial charge in [0, 0.05) is 18.3 Å². The predicted octanol–water partition coefficient (Wildman–Crippen LogP) is 4.25. The highest BCUT2D eigenvalue weighted by Crippen LogP contribution is 2.55. The van der Waals surface area contributed by atoms with E-state index in [1.165, 1.54) is 12.0 Å². The Labute approximate surface area is 220 Å². The van der Waals surface area contributed by atoms with Crippen molar-refractivity contribution in [1.29, 1.82) is 0 Å². The molecule has 1 spiro atoms. The number of carbonyl (C=O) groups is 3. The molecule has 7 heteroatoms. The minimum atomic E-state index is -1.10. The van der Waals surface area contributed by atoms with Crippen LogP contribution in [0, 0.1) is 23.7 Å². The summed E-state index contributed by atoms with van der Waals surface area (Å²) in [5.41, 5.74) is 0.786. The van der Waals surface area contributed by atoms with Gasteiger partial charge in [-0.1, -0.05) is 71.7 Å². The van der Waals surface area contributed by atoms with Gasteiger partial charge < -0.3 is 20.3 Å². The molecule has 5 rings (SSSR count). The molecule has 0 aromatic heterocycles. The molecule has 1 aromatic rings. The van der Waals surface area contributed by atoms with Gasteiger partial charge in [0.2, 0.25) is 17.7 Å². The Morgan fingerprint density at radius 1 is 1.14 bits per heavy atom. The highest BCUT2D eigenvalue weighted by Gasteiger charge is 2.72. The molecule has 2 saturated heterocycles. The van der Waals surface area contributed by atoms with E-state index >= 15 is 0 Å². The molecule has 6 unspecified atom stereocenters. The van der Waals surface area contributed by atoms with Crippen LogP contribution in [-0.2, 0) is 19.1 Å². The maximum absolute atomic E-state index is 13.9. The Hall–Kier alpha value is -2.67. The zero-order valence-electron chi connectivity index (χ0n) is 22.7. The molecule has 3 heterocycles. The highest BCUT2D eigenvalue weighted by atomic mass is 16.5. The number of ether oxygens (including phenoxy) is 1. The number of nitrogens with one attached hydrogen (secondary N) is 2. The van der Waals surface area contributed by atoms with Gasteiger partial charge in [-0.3, -0.25) is 14.4 Å². The first-order chi connectivity index (χ1) is 17.7. The fraction of sp³-hybridized carbons (Fsp3) is 0.633. The number of amides is 3. The van der Waals surface area contributed by atoms with E-state index in [1.54, 1.807) is 4.90 Å². The first kappa shape index (κ1) is 26.0.